The highest BCUT2D eigenvalue weighted by atomic mass is 16.2. The molecule has 0 radical (unpaired) electrons. The Bertz CT molecular complexity index is 342. The Morgan fingerprint density at radius 2 is 2.19 bits per heavy atom. The van der Waals surface area contributed by atoms with Gasteiger partial charge in [0.25, 0.3) is 0 Å². The molecule has 1 aliphatic heterocycles. The van der Waals surface area contributed by atoms with Crippen LogP contribution in [0.15, 0.2) is 24.4 Å². The van der Waals surface area contributed by atoms with Crippen molar-refractivity contribution >= 4 is 5.91 Å². The van der Waals surface area contributed by atoms with Gasteiger partial charge in [0.15, 0.2) is 0 Å². The van der Waals surface area contributed by atoms with Gasteiger partial charge < -0.3 is 4.90 Å². The molecule has 2 rings (SSSR count). The molecule has 1 aromatic rings. The topological polar surface area (TPSA) is 33.2 Å². The Hall–Kier alpha value is -1.38. The number of rotatable bonds is 2. The zero-order valence-electron chi connectivity index (χ0n) is 9.72. The molecule has 0 unspecified atom stereocenters. The highest BCUT2D eigenvalue weighted by molar-refractivity contribution is 5.78. The number of carbonyl (C=O) groups is 1. The molecule has 3 heteroatoms. The van der Waals surface area contributed by atoms with Gasteiger partial charge in [0.1, 0.15) is 0 Å². The molecule has 0 N–H and O–H groups in total. The zero-order chi connectivity index (χ0) is 11.4. The van der Waals surface area contributed by atoms with E-state index in [1.807, 2.05) is 23.1 Å². The van der Waals surface area contributed by atoms with Crippen LogP contribution in [0.2, 0.25) is 0 Å². The van der Waals surface area contributed by atoms with E-state index in [9.17, 15) is 4.79 Å². The maximum absolute atomic E-state index is 12.0. The molecular weight excluding hydrogens is 200 g/mol. The lowest BCUT2D eigenvalue weighted by Gasteiger charge is -2.30. The van der Waals surface area contributed by atoms with Gasteiger partial charge in [-0.25, -0.2) is 0 Å². The molecule has 0 atom stereocenters. The molecule has 1 fully saturated rings. The van der Waals surface area contributed by atoms with Crippen LogP contribution in [-0.2, 0) is 11.2 Å². The van der Waals surface area contributed by atoms with Crippen LogP contribution in [0.5, 0.6) is 0 Å². The summed E-state index contributed by atoms with van der Waals surface area (Å²) in [5.74, 6) is 0.976. The molecule has 0 spiro atoms. The van der Waals surface area contributed by atoms with Crippen molar-refractivity contribution in [2.75, 3.05) is 13.1 Å². The number of pyridine rings is 1. The van der Waals surface area contributed by atoms with E-state index in [0.29, 0.717) is 6.42 Å². The SMILES string of the molecule is CC1CCN(C(=O)Cc2ccccn2)CC1. The average Bonchev–Trinajstić information content (AvgIpc) is 2.31. The van der Waals surface area contributed by atoms with Crippen molar-refractivity contribution in [1.29, 1.82) is 0 Å². The van der Waals surface area contributed by atoms with E-state index in [2.05, 4.69) is 11.9 Å². The fourth-order valence-corrected chi connectivity index (χ4v) is 2.03. The predicted octanol–water partition coefficient (Wildman–Crippen LogP) is 1.88. The van der Waals surface area contributed by atoms with Gasteiger partial charge >= 0.3 is 0 Å². The minimum Gasteiger partial charge on any atom is -0.342 e. The quantitative estimate of drug-likeness (QED) is 0.759. The first kappa shape index (κ1) is 11.1. The normalized spacial score (nSPS) is 17.4. The van der Waals surface area contributed by atoms with Crippen LogP contribution >= 0.6 is 0 Å². The fraction of sp³-hybridized carbons (Fsp3) is 0.538. The summed E-state index contributed by atoms with van der Waals surface area (Å²) in [6.45, 7) is 4.07. The number of carbonyl (C=O) groups excluding carboxylic acids is 1. The molecule has 0 aromatic carbocycles. The molecule has 2 heterocycles. The Balaban J connectivity index is 1.89. The zero-order valence-corrected chi connectivity index (χ0v) is 9.72. The number of nitrogens with zero attached hydrogens (tertiary/aromatic N) is 2. The molecule has 3 nitrogen and oxygen atoms in total. The summed E-state index contributed by atoms with van der Waals surface area (Å²) in [7, 11) is 0. The molecule has 1 saturated heterocycles. The lowest BCUT2D eigenvalue weighted by molar-refractivity contribution is -0.131. The maximum Gasteiger partial charge on any atom is 0.228 e. The van der Waals surface area contributed by atoms with E-state index in [1.54, 1.807) is 6.20 Å². The summed E-state index contributed by atoms with van der Waals surface area (Å²) in [6.07, 6.45) is 4.44. The van der Waals surface area contributed by atoms with E-state index in [-0.39, 0.29) is 5.91 Å². The van der Waals surface area contributed by atoms with Gasteiger partial charge in [0.2, 0.25) is 5.91 Å². The standard InChI is InChI=1S/C13H18N2O/c1-11-5-8-15(9-6-11)13(16)10-12-4-2-3-7-14-12/h2-4,7,11H,5-6,8-10H2,1H3. The Morgan fingerprint density at radius 3 is 2.81 bits per heavy atom. The number of piperidine rings is 1. The van der Waals surface area contributed by atoms with Crippen molar-refractivity contribution in [2.45, 2.75) is 26.2 Å². The largest absolute Gasteiger partial charge is 0.342 e. The van der Waals surface area contributed by atoms with Crippen LogP contribution in [0, 0.1) is 5.92 Å². The molecule has 0 aliphatic carbocycles. The van der Waals surface area contributed by atoms with E-state index in [0.717, 1.165) is 37.5 Å². The number of hydrogen-bond acceptors (Lipinski definition) is 2. The smallest absolute Gasteiger partial charge is 0.228 e. The Kier molecular flexibility index (Phi) is 3.54. The van der Waals surface area contributed by atoms with Crippen molar-refractivity contribution in [3.8, 4) is 0 Å². The third-order valence-electron chi connectivity index (χ3n) is 3.19. The number of amides is 1. The first-order valence-corrected chi connectivity index (χ1v) is 5.93. The van der Waals surface area contributed by atoms with Gasteiger partial charge in [-0.1, -0.05) is 13.0 Å². The molecule has 1 aliphatic rings. The average molecular weight is 218 g/mol. The second-order valence-corrected chi connectivity index (χ2v) is 4.56. The Labute approximate surface area is 96.5 Å². The first-order valence-electron chi connectivity index (χ1n) is 5.93. The van der Waals surface area contributed by atoms with Crippen molar-refractivity contribution < 1.29 is 4.79 Å². The summed E-state index contributed by atoms with van der Waals surface area (Å²) in [5, 5.41) is 0. The lowest BCUT2D eigenvalue weighted by atomic mass is 9.99. The highest BCUT2D eigenvalue weighted by Gasteiger charge is 2.20. The van der Waals surface area contributed by atoms with Crippen molar-refractivity contribution in [3.63, 3.8) is 0 Å². The van der Waals surface area contributed by atoms with Crippen LogP contribution in [0.3, 0.4) is 0 Å². The van der Waals surface area contributed by atoms with Crippen LogP contribution in [0.4, 0.5) is 0 Å². The Morgan fingerprint density at radius 1 is 1.44 bits per heavy atom. The molecule has 0 saturated carbocycles. The summed E-state index contributed by atoms with van der Waals surface area (Å²) < 4.78 is 0. The van der Waals surface area contributed by atoms with Crippen LogP contribution < -0.4 is 0 Å². The fourth-order valence-electron chi connectivity index (χ4n) is 2.03. The molecule has 1 amide bonds. The lowest BCUT2D eigenvalue weighted by Crippen LogP contribution is -2.38. The van der Waals surface area contributed by atoms with Crippen LogP contribution in [0.25, 0.3) is 0 Å². The van der Waals surface area contributed by atoms with E-state index < -0.39 is 0 Å². The van der Waals surface area contributed by atoms with E-state index >= 15 is 0 Å². The number of likely N-dealkylation sites (tertiary alicyclic amines) is 1. The maximum atomic E-state index is 12.0. The van der Waals surface area contributed by atoms with Gasteiger partial charge in [-0.2, -0.15) is 0 Å². The summed E-state index contributed by atoms with van der Waals surface area (Å²) >= 11 is 0. The molecule has 1 aromatic heterocycles. The number of hydrogen-bond donors (Lipinski definition) is 0. The summed E-state index contributed by atoms with van der Waals surface area (Å²) in [5.41, 5.74) is 0.867. The second kappa shape index (κ2) is 5.10. The van der Waals surface area contributed by atoms with E-state index in [1.165, 1.54) is 0 Å². The monoisotopic (exact) mass is 218 g/mol. The first-order chi connectivity index (χ1) is 7.75. The molecule has 86 valence electrons. The molecule has 0 bridgehead atoms. The van der Waals surface area contributed by atoms with Gasteiger partial charge in [0.05, 0.1) is 6.42 Å². The number of aromatic nitrogens is 1. The van der Waals surface area contributed by atoms with Gasteiger partial charge in [0, 0.05) is 25.0 Å². The van der Waals surface area contributed by atoms with Gasteiger partial charge in [-0.05, 0) is 30.9 Å². The third-order valence-corrected chi connectivity index (χ3v) is 3.19. The minimum absolute atomic E-state index is 0.214. The van der Waals surface area contributed by atoms with Crippen molar-refractivity contribution in [1.82, 2.24) is 9.88 Å². The second-order valence-electron chi connectivity index (χ2n) is 4.56. The summed E-state index contributed by atoms with van der Waals surface area (Å²) in [4.78, 5) is 18.1. The van der Waals surface area contributed by atoms with Crippen molar-refractivity contribution in [3.05, 3.63) is 30.1 Å². The predicted molar refractivity (Wildman–Crippen MR) is 62.9 cm³/mol. The van der Waals surface area contributed by atoms with E-state index in [4.69, 9.17) is 0 Å². The van der Waals surface area contributed by atoms with Crippen molar-refractivity contribution in [2.24, 2.45) is 5.92 Å². The highest BCUT2D eigenvalue weighted by Crippen LogP contribution is 2.16. The minimum atomic E-state index is 0.214. The molecule has 16 heavy (non-hydrogen) atoms. The van der Waals surface area contributed by atoms with Crippen LogP contribution in [0.1, 0.15) is 25.5 Å². The van der Waals surface area contributed by atoms with Gasteiger partial charge in [-0.15, -0.1) is 0 Å². The summed E-state index contributed by atoms with van der Waals surface area (Å²) in [6, 6.07) is 5.70. The third kappa shape index (κ3) is 2.81. The van der Waals surface area contributed by atoms with Gasteiger partial charge in [-0.3, -0.25) is 9.78 Å². The van der Waals surface area contributed by atoms with Crippen LogP contribution in [-0.4, -0.2) is 28.9 Å². The molecular formula is C13H18N2O.